The number of carbonyl (C=O) groups is 1. The van der Waals surface area contributed by atoms with Crippen LogP contribution in [0.5, 0.6) is 0 Å². The summed E-state index contributed by atoms with van der Waals surface area (Å²) in [5.41, 5.74) is 0.0572. The molecule has 0 unspecified atom stereocenters. The zero-order chi connectivity index (χ0) is 11.4. The fraction of sp³-hybridized carbons (Fsp3) is 0.455. The third-order valence-corrected chi connectivity index (χ3v) is 2.48. The molecule has 0 aliphatic carbocycles. The van der Waals surface area contributed by atoms with Crippen molar-refractivity contribution in [1.82, 2.24) is 4.98 Å². The molecule has 1 atom stereocenters. The van der Waals surface area contributed by atoms with E-state index in [1.54, 1.807) is 12.1 Å². The standard InChI is InChI=1S/C11H14N2O3/c14-11(15)9-4-1-5-10(13-9)12-8-3-2-6-16-7-8/h1,4-5,8H,2-3,6-7H2,(H,12,13)(H,14,15)/t8-/m1/s1. The van der Waals surface area contributed by atoms with Gasteiger partial charge in [0.2, 0.25) is 0 Å². The van der Waals surface area contributed by atoms with E-state index in [2.05, 4.69) is 10.3 Å². The van der Waals surface area contributed by atoms with E-state index in [0.717, 1.165) is 19.4 Å². The molecule has 0 spiro atoms. The average Bonchev–Trinajstić information content (AvgIpc) is 2.30. The molecule has 2 N–H and O–H groups in total. The lowest BCUT2D eigenvalue weighted by molar-refractivity contribution is 0.0690. The molecule has 86 valence electrons. The number of aromatic nitrogens is 1. The van der Waals surface area contributed by atoms with Crippen LogP contribution in [0.3, 0.4) is 0 Å². The second kappa shape index (κ2) is 4.94. The van der Waals surface area contributed by atoms with Crippen LogP contribution in [-0.2, 0) is 4.74 Å². The van der Waals surface area contributed by atoms with Gasteiger partial charge >= 0.3 is 5.97 Å². The summed E-state index contributed by atoms with van der Waals surface area (Å²) in [5.74, 6) is -0.418. The molecule has 5 nitrogen and oxygen atoms in total. The van der Waals surface area contributed by atoms with Crippen LogP contribution >= 0.6 is 0 Å². The van der Waals surface area contributed by atoms with Crippen molar-refractivity contribution in [3.05, 3.63) is 23.9 Å². The van der Waals surface area contributed by atoms with Gasteiger partial charge in [-0.2, -0.15) is 0 Å². The summed E-state index contributed by atoms with van der Waals surface area (Å²) in [6.07, 6.45) is 2.05. The third kappa shape index (κ3) is 2.70. The van der Waals surface area contributed by atoms with E-state index in [9.17, 15) is 4.79 Å². The van der Waals surface area contributed by atoms with E-state index in [-0.39, 0.29) is 11.7 Å². The van der Waals surface area contributed by atoms with Crippen molar-refractivity contribution in [3.63, 3.8) is 0 Å². The van der Waals surface area contributed by atoms with Crippen molar-refractivity contribution in [2.75, 3.05) is 18.5 Å². The van der Waals surface area contributed by atoms with Gasteiger partial charge in [-0.25, -0.2) is 9.78 Å². The summed E-state index contributed by atoms with van der Waals surface area (Å²) in [7, 11) is 0. The van der Waals surface area contributed by atoms with Crippen molar-refractivity contribution in [1.29, 1.82) is 0 Å². The first-order valence-corrected chi connectivity index (χ1v) is 5.30. The minimum absolute atomic E-state index is 0.0572. The number of carboxylic acid groups (broad SMARTS) is 1. The Bertz CT molecular complexity index is 375. The number of hydrogen-bond donors (Lipinski definition) is 2. The maximum absolute atomic E-state index is 10.7. The van der Waals surface area contributed by atoms with Gasteiger partial charge in [0.25, 0.3) is 0 Å². The highest BCUT2D eigenvalue weighted by Gasteiger charge is 2.14. The van der Waals surface area contributed by atoms with Crippen molar-refractivity contribution in [3.8, 4) is 0 Å². The van der Waals surface area contributed by atoms with Crippen molar-refractivity contribution in [2.24, 2.45) is 0 Å². The van der Waals surface area contributed by atoms with Gasteiger partial charge in [-0.15, -0.1) is 0 Å². The quantitative estimate of drug-likeness (QED) is 0.808. The molecule has 16 heavy (non-hydrogen) atoms. The number of anilines is 1. The van der Waals surface area contributed by atoms with Gasteiger partial charge in [0.05, 0.1) is 12.6 Å². The van der Waals surface area contributed by atoms with E-state index >= 15 is 0 Å². The monoisotopic (exact) mass is 222 g/mol. The summed E-state index contributed by atoms with van der Waals surface area (Å²) in [5, 5.41) is 12.0. The average molecular weight is 222 g/mol. The van der Waals surface area contributed by atoms with E-state index in [0.29, 0.717) is 12.4 Å². The van der Waals surface area contributed by atoms with Gasteiger partial charge in [-0.3, -0.25) is 0 Å². The molecular weight excluding hydrogens is 208 g/mol. The predicted molar refractivity (Wildman–Crippen MR) is 58.7 cm³/mol. The maximum atomic E-state index is 10.7. The van der Waals surface area contributed by atoms with Crippen LogP contribution in [0.15, 0.2) is 18.2 Å². The first kappa shape index (κ1) is 10.9. The minimum atomic E-state index is -1.01. The molecule has 1 aliphatic rings. The highest BCUT2D eigenvalue weighted by Crippen LogP contribution is 2.12. The van der Waals surface area contributed by atoms with Gasteiger partial charge in [-0.05, 0) is 25.0 Å². The van der Waals surface area contributed by atoms with E-state index in [4.69, 9.17) is 9.84 Å². The normalized spacial score (nSPS) is 20.4. The molecule has 5 heteroatoms. The minimum Gasteiger partial charge on any atom is -0.477 e. The number of aromatic carboxylic acids is 1. The number of nitrogens with zero attached hydrogens (tertiary/aromatic N) is 1. The molecule has 0 saturated carbocycles. The summed E-state index contributed by atoms with van der Waals surface area (Å²) in [4.78, 5) is 14.7. The molecule has 1 saturated heterocycles. The molecule has 1 aromatic heterocycles. The lowest BCUT2D eigenvalue weighted by Gasteiger charge is -2.23. The van der Waals surface area contributed by atoms with Gasteiger partial charge in [0.15, 0.2) is 5.69 Å². The maximum Gasteiger partial charge on any atom is 0.354 e. The number of rotatable bonds is 3. The van der Waals surface area contributed by atoms with Crippen LogP contribution in [0.4, 0.5) is 5.82 Å². The van der Waals surface area contributed by atoms with Crippen LogP contribution in [0.1, 0.15) is 23.3 Å². The molecule has 1 aliphatic heterocycles. The molecule has 1 aromatic rings. The Kier molecular flexibility index (Phi) is 3.36. The fourth-order valence-electron chi connectivity index (χ4n) is 1.70. The topological polar surface area (TPSA) is 71.5 Å². The molecule has 2 heterocycles. The fourth-order valence-corrected chi connectivity index (χ4v) is 1.70. The van der Waals surface area contributed by atoms with Crippen molar-refractivity contribution >= 4 is 11.8 Å². The van der Waals surface area contributed by atoms with Crippen LogP contribution in [-0.4, -0.2) is 35.3 Å². The summed E-state index contributed by atoms with van der Waals surface area (Å²) in [6, 6.07) is 5.15. The lowest BCUT2D eigenvalue weighted by atomic mass is 10.1. The summed E-state index contributed by atoms with van der Waals surface area (Å²) in [6.45, 7) is 1.46. The first-order chi connectivity index (χ1) is 7.75. The zero-order valence-corrected chi connectivity index (χ0v) is 8.85. The second-order valence-corrected chi connectivity index (χ2v) is 3.77. The van der Waals surface area contributed by atoms with Crippen LogP contribution in [0.2, 0.25) is 0 Å². The van der Waals surface area contributed by atoms with Crippen molar-refractivity contribution < 1.29 is 14.6 Å². The Morgan fingerprint density at radius 1 is 1.56 bits per heavy atom. The van der Waals surface area contributed by atoms with E-state index in [1.807, 2.05) is 0 Å². The van der Waals surface area contributed by atoms with Crippen LogP contribution in [0, 0.1) is 0 Å². The van der Waals surface area contributed by atoms with Gasteiger partial charge in [0.1, 0.15) is 5.82 Å². The Balaban J connectivity index is 2.02. The third-order valence-electron chi connectivity index (χ3n) is 2.48. The van der Waals surface area contributed by atoms with Crippen LogP contribution < -0.4 is 5.32 Å². The molecular formula is C11H14N2O3. The zero-order valence-electron chi connectivity index (χ0n) is 8.85. The van der Waals surface area contributed by atoms with Crippen LogP contribution in [0.25, 0.3) is 0 Å². The number of ether oxygens (including phenoxy) is 1. The van der Waals surface area contributed by atoms with Crippen molar-refractivity contribution in [2.45, 2.75) is 18.9 Å². The molecule has 0 bridgehead atoms. The van der Waals surface area contributed by atoms with Gasteiger partial charge < -0.3 is 15.2 Å². The Labute approximate surface area is 93.5 Å². The summed E-state index contributed by atoms with van der Waals surface area (Å²) >= 11 is 0. The highest BCUT2D eigenvalue weighted by atomic mass is 16.5. The lowest BCUT2D eigenvalue weighted by Crippen LogP contribution is -2.30. The smallest absolute Gasteiger partial charge is 0.354 e. The number of carboxylic acids is 1. The SMILES string of the molecule is O=C(O)c1cccc(N[C@@H]2CCCOC2)n1. The Morgan fingerprint density at radius 2 is 2.44 bits per heavy atom. The number of pyridine rings is 1. The molecule has 0 aromatic carbocycles. The first-order valence-electron chi connectivity index (χ1n) is 5.30. The molecule has 0 radical (unpaired) electrons. The summed E-state index contributed by atoms with van der Waals surface area (Å²) < 4.78 is 5.33. The predicted octanol–water partition coefficient (Wildman–Crippen LogP) is 1.37. The molecule has 2 rings (SSSR count). The Morgan fingerprint density at radius 3 is 3.12 bits per heavy atom. The van der Waals surface area contributed by atoms with E-state index < -0.39 is 5.97 Å². The molecule has 1 fully saturated rings. The van der Waals surface area contributed by atoms with E-state index in [1.165, 1.54) is 6.07 Å². The largest absolute Gasteiger partial charge is 0.477 e. The number of nitrogens with one attached hydrogen (secondary N) is 1. The van der Waals surface area contributed by atoms with Gasteiger partial charge in [0, 0.05) is 6.61 Å². The second-order valence-electron chi connectivity index (χ2n) is 3.77. The van der Waals surface area contributed by atoms with Gasteiger partial charge in [-0.1, -0.05) is 6.07 Å². The Hall–Kier alpha value is -1.62. The molecule has 0 amide bonds. The highest BCUT2D eigenvalue weighted by molar-refractivity contribution is 5.85. The number of hydrogen-bond acceptors (Lipinski definition) is 4.